The third kappa shape index (κ3) is 5.46. The molecule has 2 aromatic carbocycles. The standard InChI is InChI=1S/C21H26ClNO2/c1-24-21-10-6-17(7-11-21)12-14-23-13-2-3-20(23)16-25-15-18-4-8-19(22)9-5-18/h4-11,20H,2-3,12-16H2,1H3. The SMILES string of the molecule is COc1ccc(CCN2CCCC2COCc2ccc(Cl)cc2)cc1. The van der Waals surface area contributed by atoms with Crippen LogP contribution in [0.3, 0.4) is 0 Å². The van der Waals surface area contributed by atoms with Gasteiger partial charge in [0.05, 0.1) is 20.3 Å². The van der Waals surface area contributed by atoms with Gasteiger partial charge in [-0.15, -0.1) is 0 Å². The van der Waals surface area contributed by atoms with Gasteiger partial charge in [-0.05, 0) is 61.2 Å². The number of rotatable bonds is 8. The molecule has 1 fully saturated rings. The zero-order valence-corrected chi connectivity index (χ0v) is 15.5. The molecule has 134 valence electrons. The smallest absolute Gasteiger partial charge is 0.118 e. The second kappa shape index (κ2) is 9.23. The fourth-order valence-corrected chi connectivity index (χ4v) is 3.46. The van der Waals surface area contributed by atoms with E-state index in [1.807, 2.05) is 36.4 Å². The zero-order chi connectivity index (χ0) is 17.5. The topological polar surface area (TPSA) is 21.7 Å². The van der Waals surface area contributed by atoms with Crippen LogP contribution in [0.5, 0.6) is 5.75 Å². The Labute approximate surface area is 155 Å². The van der Waals surface area contributed by atoms with E-state index in [0.29, 0.717) is 12.6 Å². The van der Waals surface area contributed by atoms with E-state index in [9.17, 15) is 0 Å². The Balaban J connectivity index is 1.42. The van der Waals surface area contributed by atoms with Crippen molar-refractivity contribution in [3.8, 4) is 5.75 Å². The van der Waals surface area contributed by atoms with Gasteiger partial charge in [-0.25, -0.2) is 0 Å². The fourth-order valence-electron chi connectivity index (χ4n) is 3.34. The minimum Gasteiger partial charge on any atom is -0.497 e. The summed E-state index contributed by atoms with van der Waals surface area (Å²) in [6.45, 7) is 3.71. The van der Waals surface area contributed by atoms with Crippen LogP contribution in [0.25, 0.3) is 0 Å². The largest absolute Gasteiger partial charge is 0.497 e. The molecule has 1 unspecified atom stereocenters. The maximum atomic E-state index is 5.95. The van der Waals surface area contributed by atoms with Gasteiger partial charge < -0.3 is 9.47 Å². The normalized spacial score (nSPS) is 17.8. The van der Waals surface area contributed by atoms with Crippen LogP contribution in [0.4, 0.5) is 0 Å². The van der Waals surface area contributed by atoms with Gasteiger partial charge in [0.1, 0.15) is 5.75 Å². The van der Waals surface area contributed by atoms with Crippen LogP contribution in [0.15, 0.2) is 48.5 Å². The average Bonchev–Trinajstić information content (AvgIpc) is 3.09. The Morgan fingerprint density at radius 2 is 1.76 bits per heavy atom. The van der Waals surface area contributed by atoms with Crippen molar-refractivity contribution in [2.24, 2.45) is 0 Å². The summed E-state index contributed by atoms with van der Waals surface area (Å²) in [5, 5.41) is 0.768. The van der Waals surface area contributed by atoms with Gasteiger partial charge in [-0.1, -0.05) is 35.9 Å². The molecule has 1 saturated heterocycles. The molecule has 0 radical (unpaired) electrons. The van der Waals surface area contributed by atoms with Gasteiger partial charge in [-0.3, -0.25) is 4.90 Å². The Morgan fingerprint density at radius 1 is 1.04 bits per heavy atom. The predicted octanol–water partition coefficient (Wildman–Crippen LogP) is 4.57. The first-order valence-electron chi connectivity index (χ1n) is 8.94. The molecule has 0 spiro atoms. The number of likely N-dealkylation sites (tertiary alicyclic amines) is 1. The van der Waals surface area contributed by atoms with Crippen LogP contribution in [0, 0.1) is 0 Å². The van der Waals surface area contributed by atoms with Gasteiger partial charge in [0.25, 0.3) is 0 Å². The fraction of sp³-hybridized carbons (Fsp3) is 0.429. The molecule has 2 aromatic rings. The van der Waals surface area contributed by atoms with E-state index in [4.69, 9.17) is 21.1 Å². The molecule has 1 heterocycles. The molecule has 0 amide bonds. The molecular weight excluding hydrogens is 334 g/mol. The summed E-state index contributed by atoms with van der Waals surface area (Å²) < 4.78 is 11.2. The van der Waals surface area contributed by atoms with E-state index in [1.54, 1.807) is 7.11 Å². The highest BCUT2D eigenvalue weighted by atomic mass is 35.5. The summed E-state index contributed by atoms with van der Waals surface area (Å²) in [6.07, 6.45) is 3.55. The van der Waals surface area contributed by atoms with E-state index in [0.717, 1.165) is 30.3 Å². The molecule has 0 saturated carbocycles. The van der Waals surface area contributed by atoms with Crippen LogP contribution < -0.4 is 4.74 Å². The number of nitrogens with zero attached hydrogens (tertiary/aromatic N) is 1. The Morgan fingerprint density at radius 3 is 2.48 bits per heavy atom. The van der Waals surface area contributed by atoms with Crippen LogP contribution in [-0.4, -0.2) is 37.7 Å². The quantitative estimate of drug-likeness (QED) is 0.689. The van der Waals surface area contributed by atoms with Crippen molar-refractivity contribution in [2.75, 3.05) is 26.8 Å². The maximum absolute atomic E-state index is 5.95. The van der Waals surface area contributed by atoms with E-state index >= 15 is 0 Å². The summed E-state index contributed by atoms with van der Waals surface area (Å²) in [4.78, 5) is 2.56. The summed E-state index contributed by atoms with van der Waals surface area (Å²) in [5.74, 6) is 0.915. The Kier molecular flexibility index (Phi) is 6.74. The number of hydrogen-bond acceptors (Lipinski definition) is 3. The van der Waals surface area contributed by atoms with Gasteiger partial charge in [0.15, 0.2) is 0 Å². The third-order valence-electron chi connectivity index (χ3n) is 4.84. The summed E-state index contributed by atoms with van der Waals surface area (Å²) in [6, 6.07) is 16.8. The lowest BCUT2D eigenvalue weighted by atomic mass is 10.1. The second-order valence-electron chi connectivity index (χ2n) is 6.57. The molecular formula is C21H26ClNO2. The number of hydrogen-bond donors (Lipinski definition) is 0. The molecule has 0 aromatic heterocycles. The first-order chi connectivity index (χ1) is 12.2. The third-order valence-corrected chi connectivity index (χ3v) is 5.09. The molecule has 1 aliphatic heterocycles. The molecule has 4 heteroatoms. The van der Waals surface area contributed by atoms with E-state index in [2.05, 4.69) is 17.0 Å². The molecule has 1 aliphatic rings. The van der Waals surface area contributed by atoms with E-state index in [-0.39, 0.29) is 0 Å². The minimum absolute atomic E-state index is 0.533. The van der Waals surface area contributed by atoms with Crippen molar-refractivity contribution in [2.45, 2.75) is 31.9 Å². The highest BCUT2D eigenvalue weighted by Gasteiger charge is 2.24. The zero-order valence-electron chi connectivity index (χ0n) is 14.8. The lowest BCUT2D eigenvalue weighted by Crippen LogP contribution is -2.34. The van der Waals surface area contributed by atoms with Crippen LogP contribution in [0.2, 0.25) is 5.02 Å². The van der Waals surface area contributed by atoms with Gasteiger partial charge >= 0.3 is 0 Å². The summed E-state index contributed by atoms with van der Waals surface area (Å²) in [7, 11) is 1.70. The first kappa shape index (κ1) is 18.2. The molecule has 3 nitrogen and oxygen atoms in total. The van der Waals surface area contributed by atoms with Crippen LogP contribution >= 0.6 is 11.6 Å². The van der Waals surface area contributed by atoms with Gasteiger partial charge in [0.2, 0.25) is 0 Å². The lowest BCUT2D eigenvalue weighted by Gasteiger charge is -2.24. The lowest BCUT2D eigenvalue weighted by molar-refractivity contribution is 0.0672. The van der Waals surface area contributed by atoms with Crippen molar-refractivity contribution >= 4 is 11.6 Å². The molecule has 1 atom stereocenters. The summed E-state index contributed by atoms with van der Waals surface area (Å²) >= 11 is 5.92. The van der Waals surface area contributed by atoms with Gasteiger partial charge in [-0.2, -0.15) is 0 Å². The van der Waals surface area contributed by atoms with Crippen LogP contribution in [-0.2, 0) is 17.8 Å². The van der Waals surface area contributed by atoms with Crippen molar-refractivity contribution in [3.63, 3.8) is 0 Å². The van der Waals surface area contributed by atoms with Crippen molar-refractivity contribution in [1.29, 1.82) is 0 Å². The Bertz CT molecular complexity index is 642. The molecule has 3 rings (SSSR count). The van der Waals surface area contributed by atoms with Crippen molar-refractivity contribution in [3.05, 3.63) is 64.7 Å². The first-order valence-corrected chi connectivity index (χ1v) is 9.31. The van der Waals surface area contributed by atoms with Crippen LogP contribution in [0.1, 0.15) is 24.0 Å². The summed E-state index contributed by atoms with van der Waals surface area (Å²) in [5.41, 5.74) is 2.53. The van der Waals surface area contributed by atoms with Crippen molar-refractivity contribution < 1.29 is 9.47 Å². The molecule has 0 N–H and O–H groups in total. The number of benzene rings is 2. The Hall–Kier alpha value is -1.55. The number of methoxy groups -OCH3 is 1. The molecule has 0 aliphatic carbocycles. The average molecular weight is 360 g/mol. The van der Waals surface area contributed by atoms with E-state index < -0.39 is 0 Å². The monoisotopic (exact) mass is 359 g/mol. The van der Waals surface area contributed by atoms with Crippen molar-refractivity contribution in [1.82, 2.24) is 4.90 Å². The molecule has 25 heavy (non-hydrogen) atoms. The second-order valence-corrected chi connectivity index (χ2v) is 7.01. The van der Waals surface area contributed by atoms with E-state index in [1.165, 1.54) is 30.5 Å². The highest BCUT2D eigenvalue weighted by molar-refractivity contribution is 6.30. The predicted molar refractivity (Wildman–Crippen MR) is 102 cm³/mol. The minimum atomic E-state index is 0.533. The maximum Gasteiger partial charge on any atom is 0.118 e. The highest BCUT2D eigenvalue weighted by Crippen LogP contribution is 2.20. The van der Waals surface area contributed by atoms with Gasteiger partial charge in [0, 0.05) is 17.6 Å². The molecule has 0 bridgehead atoms. The number of ether oxygens (including phenoxy) is 2. The number of halogens is 1.